The lowest BCUT2D eigenvalue weighted by atomic mass is 9.99. The fraction of sp³-hybridized carbons (Fsp3) is 0.158. The Bertz CT molecular complexity index is 1010. The molecule has 0 radical (unpaired) electrons. The van der Waals surface area contributed by atoms with Crippen molar-refractivity contribution in [1.82, 2.24) is 5.32 Å². The van der Waals surface area contributed by atoms with E-state index in [0.717, 1.165) is 41.4 Å². The highest BCUT2D eigenvalue weighted by Crippen LogP contribution is 2.28. The van der Waals surface area contributed by atoms with E-state index in [9.17, 15) is 8.42 Å². The van der Waals surface area contributed by atoms with Crippen molar-refractivity contribution in [3.8, 4) is 0 Å². The second-order valence-electron chi connectivity index (χ2n) is 5.95. The molecular weight excluding hydrogens is 356 g/mol. The standard InChI is InChI=1S/C19H18N2O2S.ClH/c22-24(23,19-10-4-6-14-5-1-2-8-17(14)19)21-18-9-3-7-15-13-20-12-11-16(15)18;/h1-10,20-21H,11-13H2;1H. The molecule has 1 aliphatic rings. The average Bonchev–Trinajstić information content (AvgIpc) is 2.61. The highest BCUT2D eigenvalue weighted by molar-refractivity contribution is 7.93. The smallest absolute Gasteiger partial charge is 0.262 e. The van der Waals surface area contributed by atoms with Gasteiger partial charge < -0.3 is 5.32 Å². The van der Waals surface area contributed by atoms with Gasteiger partial charge in [0.25, 0.3) is 10.0 Å². The molecule has 3 aromatic carbocycles. The minimum Gasteiger partial charge on any atom is -0.312 e. The molecule has 130 valence electrons. The van der Waals surface area contributed by atoms with Crippen LogP contribution in [0.3, 0.4) is 0 Å². The van der Waals surface area contributed by atoms with Gasteiger partial charge >= 0.3 is 0 Å². The van der Waals surface area contributed by atoms with Gasteiger partial charge in [0.05, 0.1) is 10.6 Å². The van der Waals surface area contributed by atoms with Crippen molar-refractivity contribution in [1.29, 1.82) is 0 Å². The Labute approximate surface area is 153 Å². The second-order valence-corrected chi connectivity index (χ2v) is 7.60. The van der Waals surface area contributed by atoms with E-state index in [2.05, 4.69) is 10.0 Å². The number of hydrogen-bond donors (Lipinski definition) is 2. The predicted octanol–water partition coefficient (Wildman–Crippen LogP) is 3.71. The van der Waals surface area contributed by atoms with Crippen LogP contribution in [0.1, 0.15) is 11.1 Å². The van der Waals surface area contributed by atoms with Crippen LogP contribution in [0, 0.1) is 0 Å². The van der Waals surface area contributed by atoms with Crippen LogP contribution in [-0.2, 0) is 23.0 Å². The van der Waals surface area contributed by atoms with E-state index in [-0.39, 0.29) is 12.4 Å². The summed E-state index contributed by atoms with van der Waals surface area (Å²) in [6, 6.07) is 18.7. The summed E-state index contributed by atoms with van der Waals surface area (Å²) >= 11 is 0. The van der Waals surface area contributed by atoms with Gasteiger partial charge in [-0.1, -0.05) is 48.5 Å². The maximum absolute atomic E-state index is 13.0. The number of sulfonamides is 1. The number of halogens is 1. The number of fused-ring (bicyclic) bond motifs is 2. The molecule has 0 fully saturated rings. The molecule has 25 heavy (non-hydrogen) atoms. The molecule has 4 nitrogen and oxygen atoms in total. The van der Waals surface area contributed by atoms with Crippen molar-refractivity contribution >= 4 is 38.9 Å². The zero-order valence-electron chi connectivity index (χ0n) is 13.5. The minimum atomic E-state index is -3.64. The van der Waals surface area contributed by atoms with Gasteiger partial charge in [0.2, 0.25) is 0 Å². The first-order valence-electron chi connectivity index (χ1n) is 7.97. The monoisotopic (exact) mass is 374 g/mol. The normalized spacial score (nSPS) is 13.8. The number of hydrogen-bond acceptors (Lipinski definition) is 3. The summed E-state index contributed by atoms with van der Waals surface area (Å²) in [6.07, 6.45) is 0.823. The highest BCUT2D eigenvalue weighted by Gasteiger charge is 2.20. The zero-order chi connectivity index (χ0) is 16.6. The van der Waals surface area contributed by atoms with Crippen molar-refractivity contribution in [2.75, 3.05) is 11.3 Å². The van der Waals surface area contributed by atoms with E-state index in [4.69, 9.17) is 0 Å². The Morgan fingerprint density at radius 1 is 0.920 bits per heavy atom. The number of rotatable bonds is 3. The summed E-state index contributed by atoms with van der Waals surface area (Å²) < 4.78 is 28.7. The van der Waals surface area contributed by atoms with E-state index in [0.29, 0.717) is 10.6 Å². The maximum atomic E-state index is 13.0. The lowest BCUT2D eigenvalue weighted by Gasteiger charge is -2.21. The maximum Gasteiger partial charge on any atom is 0.262 e. The minimum absolute atomic E-state index is 0. The molecule has 0 spiro atoms. The molecule has 0 bridgehead atoms. The van der Waals surface area contributed by atoms with Crippen molar-refractivity contribution in [3.05, 3.63) is 71.8 Å². The summed E-state index contributed by atoms with van der Waals surface area (Å²) in [5, 5.41) is 4.96. The van der Waals surface area contributed by atoms with Gasteiger partial charge in [0.15, 0.2) is 0 Å². The largest absolute Gasteiger partial charge is 0.312 e. The number of anilines is 1. The van der Waals surface area contributed by atoms with Crippen LogP contribution in [0.5, 0.6) is 0 Å². The Morgan fingerprint density at radius 2 is 1.68 bits per heavy atom. The van der Waals surface area contributed by atoms with Gasteiger partial charge in [-0.25, -0.2) is 8.42 Å². The van der Waals surface area contributed by atoms with Gasteiger partial charge in [-0.15, -0.1) is 12.4 Å². The Balaban J connectivity index is 0.00000182. The molecule has 0 unspecified atom stereocenters. The molecule has 4 rings (SSSR count). The van der Waals surface area contributed by atoms with Crippen LogP contribution in [-0.4, -0.2) is 15.0 Å². The van der Waals surface area contributed by atoms with Gasteiger partial charge in [-0.2, -0.15) is 0 Å². The average molecular weight is 375 g/mol. The second kappa shape index (κ2) is 7.04. The first kappa shape index (κ1) is 17.7. The third-order valence-corrected chi connectivity index (χ3v) is 5.85. The fourth-order valence-corrected chi connectivity index (χ4v) is 4.58. The fourth-order valence-electron chi connectivity index (χ4n) is 3.26. The molecule has 0 saturated carbocycles. The Kier molecular flexibility index (Phi) is 4.99. The zero-order valence-corrected chi connectivity index (χ0v) is 15.2. The first-order chi connectivity index (χ1) is 11.6. The molecular formula is C19H19ClN2O2S. The van der Waals surface area contributed by atoms with Gasteiger partial charge in [-0.3, -0.25) is 4.72 Å². The summed E-state index contributed by atoms with van der Waals surface area (Å²) in [6.45, 7) is 1.64. The van der Waals surface area contributed by atoms with Crippen molar-refractivity contribution in [3.63, 3.8) is 0 Å². The predicted molar refractivity (Wildman–Crippen MR) is 104 cm³/mol. The van der Waals surface area contributed by atoms with Crippen molar-refractivity contribution in [2.45, 2.75) is 17.9 Å². The van der Waals surface area contributed by atoms with E-state index >= 15 is 0 Å². The van der Waals surface area contributed by atoms with E-state index in [1.807, 2.05) is 48.5 Å². The molecule has 1 aliphatic heterocycles. The molecule has 0 amide bonds. The van der Waals surface area contributed by atoms with Crippen LogP contribution < -0.4 is 10.0 Å². The molecule has 0 saturated heterocycles. The van der Waals surface area contributed by atoms with Gasteiger partial charge in [0, 0.05) is 11.9 Å². The number of benzene rings is 3. The summed E-state index contributed by atoms with van der Waals surface area (Å²) in [4.78, 5) is 0.312. The first-order valence-corrected chi connectivity index (χ1v) is 9.45. The Morgan fingerprint density at radius 3 is 2.56 bits per heavy atom. The van der Waals surface area contributed by atoms with E-state index in [1.54, 1.807) is 12.1 Å². The lowest BCUT2D eigenvalue weighted by molar-refractivity contribution is 0.601. The number of nitrogens with one attached hydrogen (secondary N) is 2. The third kappa shape index (κ3) is 3.35. The molecule has 2 N–H and O–H groups in total. The summed E-state index contributed by atoms with van der Waals surface area (Å²) in [5.41, 5.74) is 2.92. The van der Waals surface area contributed by atoms with Crippen molar-refractivity contribution in [2.24, 2.45) is 0 Å². The van der Waals surface area contributed by atoms with Crippen LogP contribution in [0.4, 0.5) is 5.69 Å². The van der Waals surface area contributed by atoms with Crippen molar-refractivity contribution < 1.29 is 8.42 Å². The third-order valence-electron chi connectivity index (χ3n) is 4.42. The van der Waals surface area contributed by atoms with Crippen LogP contribution in [0.2, 0.25) is 0 Å². The van der Waals surface area contributed by atoms with Gasteiger partial charge in [0.1, 0.15) is 0 Å². The lowest BCUT2D eigenvalue weighted by Crippen LogP contribution is -2.25. The van der Waals surface area contributed by atoms with E-state index in [1.165, 1.54) is 0 Å². The molecule has 1 heterocycles. The van der Waals surface area contributed by atoms with Gasteiger partial charge in [-0.05, 0) is 41.6 Å². The molecule has 0 aromatic heterocycles. The van der Waals surface area contributed by atoms with E-state index < -0.39 is 10.0 Å². The van der Waals surface area contributed by atoms with Crippen LogP contribution >= 0.6 is 12.4 Å². The summed E-state index contributed by atoms with van der Waals surface area (Å²) in [7, 11) is -3.64. The Hall–Kier alpha value is -2.08. The molecule has 6 heteroatoms. The quantitative estimate of drug-likeness (QED) is 0.734. The van der Waals surface area contributed by atoms with Crippen LogP contribution in [0.15, 0.2) is 65.6 Å². The highest BCUT2D eigenvalue weighted by atomic mass is 35.5. The summed E-state index contributed by atoms with van der Waals surface area (Å²) in [5.74, 6) is 0. The molecule has 0 atom stereocenters. The molecule has 3 aromatic rings. The topological polar surface area (TPSA) is 58.2 Å². The SMILES string of the molecule is Cl.O=S(=O)(Nc1cccc2c1CCNC2)c1cccc2ccccc12. The molecule has 0 aliphatic carbocycles. The van der Waals surface area contributed by atoms with Crippen LogP contribution in [0.25, 0.3) is 10.8 Å².